The molecule has 0 amide bonds. The zero-order valence-corrected chi connectivity index (χ0v) is 18.2. The van der Waals surface area contributed by atoms with Crippen LogP contribution in [0.15, 0.2) is 84.9 Å². The molecule has 4 aromatic rings. The molecule has 4 nitrogen and oxygen atoms in total. The number of hydrogen-bond acceptors (Lipinski definition) is 4. The Morgan fingerprint density at radius 3 is 1.25 bits per heavy atom. The van der Waals surface area contributed by atoms with Gasteiger partial charge in [-0.2, -0.15) is 0 Å². The first-order valence-corrected chi connectivity index (χ1v) is 10.7. The van der Waals surface area contributed by atoms with Crippen LogP contribution in [0.3, 0.4) is 0 Å². The number of para-hydroxylation sites is 2. The fourth-order valence-electron chi connectivity index (χ4n) is 3.87. The average Bonchev–Trinajstić information content (AvgIpc) is 2.80. The van der Waals surface area contributed by atoms with Crippen molar-refractivity contribution in [3.05, 3.63) is 117 Å². The lowest BCUT2D eigenvalue weighted by atomic mass is 9.82. The van der Waals surface area contributed by atoms with Gasteiger partial charge in [0.2, 0.25) is 0 Å². The number of ketones is 2. The van der Waals surface area contributed by atoms with E-state index in [0.717, 1.165) is 0 Å². The highest BCUT2D eigenvalue weighted by Gasteiger charge is 2.33. The first kappa shape index (κ1) is 20.3. The second kappa shape index (κ2) is 8.15. The maximum Gasteiger partial charge on any atom is 0.196 e. The molecule has 0 unspecified atom stereocenters. The number of hydrogen-bond donors (Lipinski definition) is 2. The predicted octanol–water partition coefficient (Wildman–Crippen LogP) is 7.26. The Hall–Kier alpha value is -3.60. The smallest absolute Gasteiger partial charge is 0.196 e. The number of fused-ring (bicyclic) bond motifs is 2. The van der Waals surface area contributed by atoms with Crippen LogP contribution in [0, 0.1) is 0 Å². The molecule has 6 heteroatoms. The fraction of sp³-hybridized carbons (Fsp3) is 0. The van der Waals surface area contributed by atoms with Gasteiger partial charge in [-0.25, -0.2) is 0 Å². The Morgan fingerprint density at radius 1 is 0.469 bits per heavy atom. The second-order valence-electron chi connectivity index (χ2n) is 7.32. The lowest BCUT2D eigenvalue weighted by Gasteiger charge is -2.23. The molecule has 156 valence electrons. The van der Waals surface area contributed by atoms with E-state index in [-0.39, 0.29) is 11.6 Å². The summed E-state index contributed by atoms with van der Waals surface area (Å²) >= 11 is 12.6. The van der Waals surface area contributed by atoms with E-state index in [1.807, 2.05) is 36.4 Å². The maximum absolute atomic E-state index is 13.5. The van der Waals surface area contributed by atoms with Gasteiger partial charge in [0.1, 0.15) is 0 Å². The lowest BCUT2D eigenvalue weighted by Crippen LogP contribution is -2.23. The molecule has 0 spiro atoms. The van der Waals surface area contributed by atoms with Crippen molar-refractivity contribution in [3.63, 3.8) is 0 Å². The third-order valence-corrected chi connectivity index (χ3v) is 6.02. The van der Waals surface area contributed by atoms with E-state index in [9.17, 15) is 9.59 Å². The Labute approximate surface area is 194 Å². The minimum Gasteiger partial charge on any atom is -0.354 e. The highest BCUT2D eigenvalue weighted by molar-refractivity contribution is 6.35. The zero-order valence-electron chi connectivity index (χ0n) is 16.7. The zero-order chi connectivity index (χ0) is 22.2. The molecule has 2 N–H and O–H groups in total. The fourth-order valence-corrected chi connectivity index (χ4v) is 4.23. The quantitative estimate of drug-likeness (QED) is 0.297. The Bertz CT molecular complexity index is 1290. The van der Waals surface area contributed by atoms with E-state index in [0.29, 0.717) is 55.0 Å². The number of benzene rings is 4. The number of carbonyl (C=O) groups excluding carboxylic acids is 2. The van der Waals surface area contributed by atoms with Gasteiger partial charge in [-0.15, -0.1) is 0 Å². The van der Waals surface area contributed by atoms with Crippen molar-refractivity contribution in [1.82, 2.24) is 0 Å². The topological polar surface area (TPSA) is 58.2 Å². The molecule has 0 bridgehead atoms. The standard InChI is InChI=1S/C26H16Cl2N2O2/c27-17-9-1-3-11-19(17)29-21-13-5-7-15-23(21)25(31)16-8-6-14-22(24(16)26(15)32)30-20-12-4-2-10-18(20)28/h1-14,29-30H. The summed E-state index contributed by atoms with van der Waals surface area (Å²) in [5, 5.41) is 7.45. The summed E-state index contributed by atoms with van der Waals surface area (Å²) in [6.45, 7) is 0. The van der Waals surface area contributed by atoms with Gasteiger partial charge in [0, 0.05) is 11.1 Å². The van der Waals surface area contributed by atoms with Crippen molar-refractivity contribution >= 4 is 57.5 Å². The molecular formula is C26H16Cl2N2O2. The molecule has 0 saturated carbocycles. The average molecular weight is 459 g/mol. The lowest BCUT2D eigenvalue weighted by molar-refractivity contribution is 0.0980. The van der Waals surface area contributed by atoms with Crippen molar-refractivity contribution in [2.45, 2.75) is 0 Å². The van der Waals surface area contributed by atoms with Crippen LogP contribution in [0.25, 0.3) is 0 Å². The number of carbonyl (C=O) groups is 2. The number of anilines is 4. The van der Waals surface area contributed by atoms with E-state index >= 15 is 0 Å². The molecule has 1 aliphatic carbocycles. The van der Waals surface area contributed by atoms with Gasteiger partial charge in [-0.05, 0) is 36.4 Å². The van der Waals surface area contributed by atoms with E-state index in [2.05, 4.69) is 10.6 Å². The molecule has 0 fully saturated rings. The third-order valence-electron chi connectivity index (χ3n) is 5.36. The summed E-state index contributed by atoms with van der Waals surface area (Å²) in [4.78, 5) is 27.1. The van der Waals surface area contributed by atoms with Crippen LogP contribution in [0.5, 0.6) is 0 Å². The minimum absolute atomic E-state index is 0.229. The Morgan fingerprint density at radius 2 is 0.844 bits per heavy atom. The number of halogens is 2. The van der Waals surface area contributed by atoms with E-state index in [4.69, 9.17) is 23.2 Å². The molecule has 4 aromatic carbocycles. The Balaban J connectivity index is 1.60. The van der Waals surface area contributed by atoms with E-state index < -0.39 is 0 Å². The van der Waals surface area contributed by atoms with Crippen molar-refractivity contribution in [2.24, 2.45) is 0 Å². The Kier molecular flexibility index (Phi) is 5.17. The van der Waals surface area contributed by atoms with Crippen molar-refractivity contribution in [1.29, 1.82) is 0 Å². The molecule has 0 aromatic heterocycles. The predicted molar refractivity (Wildman–Crippen MR) is 129 cm³/mol. The van der Waals surface area contributed by atoms with Crippen LogP contribution < -0.4 is 10.6 Å². The van der Waals surface area contributed by atoms with E-state index in [1.165, 1.54) is 0 Å². The van der Waals surface area contributed by atoms with Gasteiger partial charge in [-0.1, -0.05) is 71.7 Å². The third kappa shape index (κ3) is 3.44. The summed E-state index contributed by atoms with van der Waals surface area (Å²) in [6.07, 6.45) is 0. The summed E-state index contributed by atoms with van der Waals surface area (Å²) in [6, 6.07) is 24.9. The van der Waals surface area contributed by atoms with Gasteiger partial charge < -0.3 is 10.6 Å². The largest absolute Gasteiger partial charge is 0.354 e. The van der Waals surface area contributed by atoms with Gasteiger partial charge >= 0.3 is 0 Å². The first-order chi connectivity index (χ1) is 15.5. The molecule has 0 atom stereocenters. The summed E-state index contributed by atoms with van der Waals surface area (Å²) in [5.74, 6) is -0.458. The summed E-state index contributed by atoms with van der Waals surface area (Å²) < 4.78 is 0. The van der Waals surface area contributed by atoms with Crippen LogP contribution in [0.2, 0.25) is 10.0 Å². The molecule has 5 rings (SSSR count). The minimum atomic E-state index is -0.229. The molecule has 0 aliphatic heterocycles. The molecule has 1 aliphatic rings. The summed E-state index contributed by atoms with van der Waals surface area (Å²) in [5.41, 5.74) is 3.72. The van der Waals surface area contributed by atoms with Crippen LogP contribution in [0.4, 0.5) is 22.7 Å². The van der Waals surface area contributed by atoms with Gasteiger partial charge in [0.05, 0.1) is 43.9 Å². The van der Waals surface area contributed by atoms with Crippen LogP contribution >= 0.6 is 23.2 Å². The monoisotopic (exact) mass is 458 g/mol. The maximum atomic E-state index is 13.5. The molecule has 0 radical (unpaired) electrons. The van der Waals surface area contributed by atoms with Crippen molar-refractivity contribution < 1.29 is 9.59 Å². The molecule has 0 saturated heterocycles. The first-order valence-electron chi connectivity index (χ1n) is 9.93. The number of rotatable bonds is 4. The van der Waals surface area contributed by atoms with Crippen molar-refractivity contribution in [3.8, 4) is 0 Å². The van der Waals surface area contributed by atoms with Gasteiger partial charge in [0.15, 0.2) is 11.6 Å². The number of nitrogens with one attached hydrogen (secondary N) is 2. The SMILES string of the molecule is O=C1c2cccc(Nc3ccccc3Cl)c2C(=O)c2cccc(Nc3ccccc3Cl)c21. The van der Waals surface area contributed by atoms with Crippen LogP contribution in [-0.2, 0) is 0 Å². The molecule has 0 heterocycles. The van der Waals surface area contributed by atoms with Gasteiger partial charge in [-0.3, -0.25) is 9.59 Å². The molecular weight excluding hydrogens is 443 g/mol. The highest BCUT2D eigenvalue weighted by Crippen LogP contribution is 2.38. The van der Waals surface area contributed by atoms with E-state index in [1.54, 1.807) is 48.5 Å². The normalized spacial score (nSPS) is 12.2. The van der Waals surface area contributed by atoms with Crippen LogP contribution in [-0.4, -0.2) is 11.6 Å². The molecule has 32 heavy (non-hydrogen) atoms. The van der Waals surface area contributed by atoms with Crippen LogP contribution in [0.1, 0.15) is 31.8 Å². The second-order valence-corrected chi connectivity index (χ2v) is 8.14. The van der Waals surface area contributed by atoms with Gasteiger partial charge in [0.25, 0.3) is 0 Å². The summed E-state index contributed by atoms with van der Waals surface area (Å²) in [7, 11) is 0. The van der Waals surface area contributed by atoms with Crippen molar-refractivity contribution in [2.75, 3.05) is 10.6 Å². The highest BCUT2D eigenvalue weighted by atomic mass is 35.5.